The van der Waals surface area contributed by atoms with Crippen LogP contribution in [-0.4, -0.2) is 17.0 Å². The van der Waals surface area contributed by atoms with E-state index in [0.29, 0.717) is 39.1 Å². The summed E-state index contributed by atoms with van der Waals surface area (Å²) in [5.74, 6) is -0.654. The van der Waals surface area contributed by atoms with Crippen molar-refractivity contribution in [2.75, 3.05) is 0 Å². The monoisotopic (exact) mass is 553 g/mol. The summed E-state index contributed by atoms with van der Waals surface area (Å²) in [6, 6.07) is 27.9. The van der Waals surface area contributed by atoms with E-state index in [-0.39, 0.29) is 11.7 Å². The molecule has 194 valence electrons. The summed E-state index contributed by atoms with van der Waals surface area (Å²) >= 11 is 12.4. The average molecular weight is 554 g/mol. The molecule has 2 N–H and O–H groups in total. The van der Waals surface area contributed by atoms with Crippen LogP contribution < -0.4 is 16.3 Å². The van der Waals surface area contributed by atoms with Crippen LogP contribution in [0.4, 0.5) is 0 Å². The Kier molecular flexibility index (Phi) is 7.75. The van der Waals surface area contributed by atoms with Gasteiger partial charge in [-0.1, -0.05) is 77.8 Å². The molecule has 1 aliphatic heterocycles. The Hall–Kier alpha value is -4.03. The van der Waals surface area contributed by atoms with Crippen LogP contribution in [-0.2, 0) is 16.1 Å². The highest BCUT2D eigenvalue weighted by Crippen LogP contribution is 2.36. The fraction of sp³-hybridized carbons (Fsp3) is 0.0938. The van der Waals surface area contributed by atoms with Crippen molar-refractivity contribution < 1.29 is 9.59 Å². The van der Waals surface area contributed by atoms with Crippen LogP contribution in [0.25, 0.3) is 22.5 Å². The lowest BCUT2D eigenvalue weighted by molar-refractivity contribution is -0.126. The van der Waals surface area contributed by atoms with Gasteiger partial charge < -0.3 is 10.6 Å². The molecule has 0 spiro atoms. The van der Waals surface area contributed by atoms with Gasteiger partial charge in [-0.05, 0) is 71.1 Å². The van der Waals surface area contributed by atoms with Gasteiger partial charge in [-0.3, -0.25) is 14.6 Å². The molecule has 4 aromatic rings. The number of nitrogens with two attached hydrogens (primary N) is 1. The number of benzene rings is 4. The topological polar surface area (TPSA) is 75.8 Å². The number of Topliss-reactive ketones (excluding diaryl/α,β-unsaturated/α-hetero) is 1. The molecule has 5 nitrogen and oxygen atoms in total. The third kappa shape index (κ3) is 5.30. The Morgan fingerprint density at radius 3 is 2.23 bits per heavy atom. The average Bonchev–Trinajstić information content (AvgIpc) is 3.14. The molecule has 0 bridgehead atoms. The van der Waals surface area contributed by atoms with Crippen molar-refractivity contribution in [2.45, 2.75) is 19.5 Å². The first kappa shape index (κ1) is 26.6. The van der Waals surface area contributed by atoms with E-state index in [1.807, 2.05) is 78.6 Å². The molecular formula is C32H25Cl2N3O2. The SMILES string of the molecule is C[C@H](c1ccc(Cl)cc1)N1C(c2ccc(Cl)cc2)=CN=c2ccc(-c3ccccc3CN)cc2=C1C(=O)C=O. The third-order valence-corrected chi connectivity index (χ3v) is 7.35. The second-order valence-electron chi connectivity index (χ2n) is 9.17. The number of hydrogen-bond acceptors (Lipinski definition) is 5. The van der Waals surface area contributed by atoms with E-state index in [9.17, 15) is 9.59 Å². The lowest BCUT2D eigenvalue weighted by Crippen LogP contribution is -2.37. The molecule has 0 saturated carbocycles. The highest BCUT2D eigenvalue weighted by molar-refractivity contribution is 6.43. The van der Waals surface area contributed by atoms with Crippen molar-refractivity contribution in [2.24, 2.45) is 10.7 Å². The van der Waals surface area contributed by atoms with Crippen LogP contribution in [0, 0.1) is 0 Å². The van der Waals surface area contributed by atoms with Gasteiger partial charge in [0.25, 0.3) is 0 Å². The molecule has 0 saturated heterocycles. The molecule has 0 fully saturated rings. The maximum absolute atomic E-state index is 13.5. The van der Waals surface area contributed by atoms with Gasteiger partial charge in [-0.15, -0.1) is 0 Å². The summed E-state index contributed by atoms with van der Waals surface area (Å²) in [5, 5.41) is 2.32. The van der Waals surface area contributed by atoms with Gasteiger partial charge in [0, 0.05) is 21.8 Å². The molecular weight excluding hydrogens is 529 g/mol. The van der Waals surface area contributed by atoms with Crippen molar-refractivity contribution in [1.82, 2.24) is 4.90 Å². The maximum Gasteiger partial charge on any atom is 0.242 e. The number of hydrogen-bond donors (Lipinski definition) is 1. The van der Waals surface area contributed by atoms with Crippen LogP contribution >= 0.6 is 23.2 Å². The molecule has 4 aromatic carbocycles. The van der Waals surface area contributed by atoms with Crippen LogP contribution in [0.3, 0.4) is 0 Å². The number of carbonyl (C=O) groups excluding carboxylic acids is 2. The quantitative estimate of drug-likeness (QED) is 0.235. The first-order valence-corrected chi connectivity index (χ1v) is 13.2. The number of carbonyl (C=O) groups is 2. The van der Waals surface area contributed by atoms with E-state index < -0.39 is 5.78 Å². The van der Waals surface area contributed by atoms with Crippen molar-refractivity contribution in [1.29, 1.82) is 0 Å². The van der Waals surface area contributed by atoms with Crippen molar-refractivity contribution in [3.8, 4) is 11.1 Å². The molecule has 0 radical (unpaired) electrons. The van der Waals surface area contributed by atoms with Gasteiger partial charge in [-0.2, -0.15) is 0 Å². The van der Waals surface area contributed by atoms with E-state index in [2.05, 4.69) is 0 Å². The van der Waals surface area contributed by atoms with Gasteiger partial charge in [0.2, 0.25) is 5.78 Å². The number of rotatable bonds is 7. The predicted octanol–water partition coefficient (Wildman–Crippen LogP) is 5.69. The summed E-state index contributed by atoms with van der Waals surface area (Å²) in [7, 11) is 0. The van der Waals surface area contributed by atoms with E-state index >= 15 is 0 Å². The predicted molar refractivity (Wildman–Crippen MR) is 156 cm³/mol. The normalized spacial score (nSPS) is 13.6. The van der Waals surface area contributed by atoms with Crippen LogP contribution in [0.15, 0.2) is 102 Å². The molecule has 0 amide bonds. The summed E-state index contributed by atoms with van der Waals surface area (Å²) < 4.78 is 0. The van der Waals surface area contributed by atoms with Gasteiger partial charge >= 0.3 is 0 Å². The Balaban J connectivity index is 1.83. The molecule has 5 rings (SSSR count). The van der Waals surface area contributed by atoms with Crippen LogP contribution in [0.2, 0.25) is 10.0 Å². The number of fused-ring (bicyclic) bond motifs is 1. The van der Waals surface area contributed by atoms with Gasteiger partial charge in [0.15, 0.2) is 6.29 Å². The Morgan fingerprint density at radius 1 is 0.923 bits per heavy atom. The van der Waals surface area contributed by atoms with E-state index in [0.717, 1.165) is 27.8 Å². The van der Waals surface area contributed by atoms with Crippen LogP contribution in [0.1, 0.15) is 29.7 Å². The molecule has 39 heavy (non-hydrogen) atoms. The van der Waals surface area contributed by atoms with Crippen LogP contribution in [0.5, 0.6) is 0 Å². The Labute approximate surface area is 236 Å². The Bertz CT molecular complexity index is 1710. The molecule has 0 aromatic heterocycles. The first-order chi connectivity index (χ1) is 18.9. The lowest BCUT2D eigenvalue weighted by atomic mass is 9.97. The zero-order valence-electron chi connectivity index (χ0n) is 21.1. The fourth-order valence-electron chi connectivity index (χ4n) is 4.86. The standard InChI is InChI=1S/C32H25Cl2N3O2/c1-20(21-6-11-25(33)12-7-21)37-30(22-8-13-26(34)14-9-22)18-36-29-15-10-23(16-28(29)32(37)31(39)19-38)27-5-3-2-4-24(27)17-35/h2-16,18-20H,17,35H2,1H3/t20-/m1/s1. The zero-order chi connectivity index (χ0) is 27.5. The number of nitrogens with zero attached hydrogens (tertiary/aromatic N) is 2. The van der Waals surface area contributed by atoms with Gasteiger partial charge in [0.1, 0.15) is 5.70 Å². The summed E-state index contributed by atoms with van der Waals surface area (Å²) in [6.07, 6.45) is 2.08. The molecule has 1 aliphatic rings. The van der Waals surface area contributed by atoms with Crippen molar-refractivity contribution in [3.05, 3.63) is 135 Å². The second kappa shape index (κ2) is 11.4. The van der Waals surface area contributed by atoms with Crippen molar-refractivity contribution in [3.63, 3.8) is 0 Å². The third-order valence-electron chi connectivity index (χ3n) is 6.85. The number of aldehydes is 1. The second-order valence-corrected chi connectivity index (χ2v) is 10.0. The largest absolute Gasteiger partial charge is 0.329 e. The highest BCUT2D eigenvalue weighted by atomic mass is 35.5. The van der Waals surface area contributed by atoms with Crippen molar-refractivity contribution >= 4 is 46.7 Å². The van der Waals surface area contributed by atoms with E-state index in [1.54, 1.807) is 30.5 Å². The molecule has 0 aliphatic carbocycles. The van der Waals surface area contributed by atoms with Gasteiger partial charge in [0.05, 0.1) is 23.3 Å². The molecule has 1 atom stereocenters. The summed E-state index contributed by atoms with van der Waals surface area (Å²) in [4.78, 5) is 32.3. The lowest BCUT2D eigenvalue weighted by Gasteiger charge is -2.34. The molecule has 7 heteroatoms. The zero-order valence-corrected chi connectivity index (χ0v) is 22.7. The minimum Gasteiger partial charge on any atom is -0.329 e. The maximum atomic E-state index is 13.5. The number of ketones is 1. The fourth-order valence-corrected chi connectivity index (χ4v) is 5.12. The summed E-state index contributed by atoms with van der Waals surface area (Å²) in [5.41, 5.74) is 11.4. The number of halogens is 2. The van der Waals surface area contributed by atoms with E-state index in [4.69, 9.17) is 33.9 Å². The molecule has 0 unspecified atom stereocenters. The van der Waals surface area contributed by atoms with Gasteiger partial charge in [-0.25, -0.2) is 0 Å². The Morgan fingerprint density at radius 2 is 1.56 bits per heavy atom. The molecule has 1 heterocycles. The van der Waals surface area contributed by atoms with E-state index in [1.165, 1.54) is 0 Å². The summed E-state index contributed by atoms with van der Waals surface area (Å²) in [6.45, 7) is 2.34. The highest BCUT2D eigenvalue weighted by Gasteiger charge is 2.30. The first-order valence-electron chi connectivity index (χ1n) is 12.4. The minimum atomic E-state index is -0.654. The smallest absolute Gasteiger partial charge is 0.242 e. The minimum absolute atomic E-state index is 0.233.